The van der Waals surface area contributed by atoms with E-state index in [0.29, 0.717) is 31.9 Å². The maximum absolute atomic E-state index is 12.7. The predicted octanol–water partition coefficient (Wildman–Crippen LogP) is 2.21. The summed E-state index contributed by atoms with van der Waals surface area (Å²) in [6.07, 6.45) is 6.56. The average Bonchev–Trinajstić information content (AvgIpc) is 3.13. The molecule has 0 radical (unpaired) electrons. The van der Waals surface area contributed by atoms with E-state index in [1.54, 1.807) is 12.1 Å². The Kier molecular flexibility index (Phi) is 6.45. The summed E-state index contributed by atoms with van der Waals surface area (Å²) in [7, 11) is -3.56. The molecule has 1 aromatic heterocycles. The van der Waals surface area contributed by atoms with Crippen molar-refractivity contribution in [2.75, 3.05) is 26.3 Å². The molecule has 4 rings (SSSR count). The van der Waals surface area contributed by atoms with Crippen LogP contribution in [-0.2, 0) is 14.8 Å². The summed E-state index contributed by atoms with van der Waals surface area (Å²) in [5, 5.41) is 6.85. The minimum atomic E-state index is -3.56. The molecular weight excluding hydrogens is 408 g/mol. The van der Waals surface area contributed by atoms with Crippen LogP contribution in [0.15, 0.2) is 33.7 Å². The van der Waals surface area contributed by atoms with Crippen molar-refractivity contribution in [3.05, 3.63) is 30.2 Å². The van der Waals surface area contributed by atoms with E-state index in [2.05, 4.69) is 15.5 Å². The number of nitrogens with zero attached hydrogens (tertiary/aromatic N) is 3. The number of aromatic nitrogens is 2. The van der Waals surface area contributed by atoms with Crippen LogP contribution in [0, 0.1) is 0 Å². The van der Waals surface area contributed by atoms with Gasteiger partial charge < -0.3 is 14.6 Å². The van der Waals surface area contributed by atoms with E-state index in [1.165, 1.54) is 29.3 Å². The lowest BCUT2D eigenvalue weighted by atomic mass is 10.1. The molecule has 1 N–H and O–H groups in total. The molecule has 30 heavy (non-hydrogen) atoms. The summed E-state index contributed by atoms with van der Waals surface area (Å²) in [6.45, 7) is 1.47. The molecule has 162 valence electrons. The molecule has 1 amide bonds. The molecule has 1 saturated heterocycles. The van der Waals surface area contributed by atoms with E-state index in [4.69, 9.17) is 9.26 Å². The summed E-state index contributed by atoms with van der Waals surface area (Å²) >= 11 is 0. The maximum Gasteiger partial charge on any atom is 0.316 e. The Morgan fingerprint density at radius 3 is 2.37 bits per heavy atom. The average molecular weight is 435 g/mol. The number of ether oxygens (including phenoxy) is 1. The molecule has 1 aliphatic carbocycles. The zero-order valence-electron chi connectivity index (χ0n) is 16.7. The number of hydrogen-bond donors (Lipinski definition) is 1. The molecule has 1 saturated carbocycles. The standard InChI is InChI=1S/C20H26N4O5S/c25-19(21-16-5-3-1-2-4-6-16)20-22-18(23-29-20)15-7-9-17(10-8-15)30(26,27)24-11-13-28-14-12-24/h7-10,16H,1-6,11-14H2,(H,21,25). The maximum atomic E-state index is 12.7. The predicted molar refractivity (Wildman–Crippen MR) is 108 cm³/mol. The highest BCUT2D eigenvalue weighted by Gasteiger charge is 2.26. The number of hydrogen-bond acceptors (Lipinski definition) is 7. The number of benzene rings is 1. The van der Waals surface area contributed by atoms with Crippen LogP contribution in [0.25, 0.3) is 11.4 Å². The van der Waals surface area contributed by atoms with Crippen molar-refractivity contribution in [2.45, 2.75) is 49.5 Å². The second-order valence-corrected chi connectivity index (χ2v) is 9.56. The Labute approximate surface area is 175 Å². The smallest absolute Gasteiger partial charge is 0.316 e. The van der Waals surface area contributed by atoms with Crippen molar-refractivity contribution < 1.29 is 22.5 Å². The molecule has 0 spiro atoms. The monoisotopic (exact) mass is 434 g/mol. The molecule has 2 heterocycles. The first-order chi connectivity index (χ1) is 14.5. The van der Waals surface area contributed by atoms with Crippen LogP contribution in [0.5, 0.6) is 0 Å². The third kappa shape index (κ3) is 4.71. The van der Waals surface area contributed by atoms with Gasteiger partial charge in [0, 0.05) is 24.7 Å². The zero-order valence-corrected chi connectivity index (χ0v) is 17.6. The molecule has 1 aliphatic heterocycles. The molecule has 0 unspecified atom stereocenters. The van der Waals surface area contributed by atoms with E-state index in [0.717, 1.165) is 25.7 Å². The van der Waals surface area contributed by atoms with Crippen molar-refractivity contribution in [1.82, 2.24) is 19.8 Å². The summed E-state index contributed by atoms with van der Waals surface area (Å²) < 4.78 is 37.2. The molecule has 0 bridgehead atoms. The van der Waals surface area contributed by atoms with Crippen molar-refractivity contribution in [1.29, 1.82) is 0 Å². The molecule has 10 heteroatoms. The fourth-order valence-electron chi connectivity index (χ4n) is 3.82. The Bertz CT molecular complexity index is 959. The minimum Gasteiger partial charge on any atom is -0.379 e. The van der Waals surface area contributed by atoms with Gasteiger partial charge in [0.2, 0.25) is 15.8 Å². The number of nitrogens with one attached hydrogen (secondary N) is 1. The third-order valence-electron chi connectivity index (χ3n) is 5.53. The van der Waals surface area contributed by atoms with Crippen molar-refractivity contribution >= 4 is 15.9 Å². The Hall–Kier alpha value is -2.30. The lowest BCUT2D eigenvalue weighted by Crippen LogP contribution is -2.40. The largest absolute Gasteiger partial charge is 0.379 e. The number of carbonyl (C=O) groups is 1. The molecule has 2 aromatic rings. The van der Waals surface area contributed by atoms with Gasteiger partial charge in [-0.2, -0.15) is 9.29 Å². The highest BCUT2D eigenvalue weighted by Crippen LogP contribution is 2.22. The fourth-order valence-corrected chi connectivity index (χ4v) is 5.22. The van der Waals surface area contributed by atoms with Gasteiger partial charge in [-0.05, 0) is 37.1 Å². The SMILES string of the molecule is O=C(NC1CCCCCC1)c1nc(-c2ccc(S(=O)(=O)N3CCOCC3)cc2)no1. The van der Waals surface area contributed by atoms with Crippen LogP contribution in [-0.4, -0.2) is 61.1 Å². The van der Waals surface area contributed by atoms with E-state index in [1.807, 2.05) is 0 Å². The Balaban J connectivity index is 1.43. The minimum absolute atomic E-state index is 0.0840. The van der Waals surface area contributed by atoms with E-state index in [9.17, 15) is 13.2 Å². The second kappa shape index (κ2) is 9.23. The topological polar surface area (TPSA) is 115 Å². The lowest BCUT2D eigenvalue weighted by molar-refractivity contribution is 0.0730. The van der Waals surface area contributed by atoms with E-state index >= 15 is 0 Å². The van der Waals surface area contributed by atoms with Gasteiger partial charge in [0.15, 0.2) is 0 Å². The Morgan fingerprint density at radius 1 is 1.03 bits per heavy atom. The van der Waals surface area contributed by atoms with Crippen LogP contribution < -0.4 is 5.32 Å². The van der Waals surface area contributed by atoms with Crippen LogP contribution in [0.1, 0.15) is 49.2 Å². The Morgan fingerprint density at radius 2 is 1.70 bits per heavy atom. The summed E-state index contributed by atoms with van der Waals surface area (Å²) in [5.74, 6) is -0.206. The normalized spacial score (nSPS) is 19.3. The number of amides is 1. The van der Waals surface area contributed by atoms with Gasteiger partial charge in [-0.15, -0.1) is 0 Å². The second-order valence-electron chi connectivity index (χ2n) is 7.63. The highest BCUT2D eigenvalue weighted by atomic mass is 32.2. The quantitative estimate of drug-likeness (QED) is 0.718. The first-order valence-corrected chi connectivity index (χ1v) is 11.8. The number of carbonyl (C=O) groups excluding carboxylic acids is 1. The highest BCUT2D eigenvalue weighted by molar-refractivity contribution is 7.89. The van der Waals surface area contributed by atoms with Gasteiger partial charge in [-0.1, -0.05) is 30.8 Å². The first-order valence-electron chi connectivity index (χ1n) is 10.4. The number of sulfonamides is 1. The van der Waals surface area contributed by atoms with E-state index in [-0.39, 0.29) is 28.6 Å². The van der Waals surface area contributed by atoms with Gasteiger partial charge in [0.05, 0.1) is 18.1 Å². The first kappa shape index (κ1) is 21.0. The van der Waals surface area contributed by atoms with Crippen LogP contribution in [0.3, 0.4) is 0 Å². The van der Waals surface area contributed by atoms with Gasteiger partial charge in [-0.25, -0.2) is 8.42 Å². The molecule has 2 fully saturated rings. The molecule has 9 nitrogen and oxygen atoms in total. The van der Waals surface area contributed by atoms with Crippen molar-refractivity contribution in [3.8, 4) is 11.4 Å². The van der Waals surface area contributed by atoms with Gasteiger partial charge in [0.25, 0.3) is 0 Å². The molecule has 2 aliphatic rings. The van der Waals surface area contributed by atoms with Gasteiger partial charge in [-0.3, -0.25) is 4.79 Å². The summed E-state index contributed by atoms with van der Waals surface area (Å²) in [4.78, 5) is 16.8. The number of morpholine rings is 1. The summed E-state index contributed by atoms with van der Waals surface area (Å²) in [6, 6.07) is 6.40. The zero-order chi connectivity index (χ0) is 21.0. The van der Waals surface area contributed by atoms with Gasteiger partial charge >= 0.3 is 11.8 Å². The van der Waals surface area contributed by atoms with Crippen LogP contribution in [0.4, 0.5) is 0 Å². The van der Waals surface area contributed by atoms with Crippen molar-refractivity contribution in [3.63, 3.8) is 0 Å². The molecule has 1 aromatic carbocycles. The van der Waals surface area contributed by atoms with Crippen molar-refractivity contribution in [2.24, 2.45) is 0 Å². The van der Waals surface area contributed by atoms with Crippen LogP contribution >= 0.6 is 0 Å². The third-order valence-corrected chi connectivity index (χ3v) is 7.44. The fraction of sp³-hybridized carbons (Fsp3) is 0.550. The molecule has 0 atom stereocenters. The summed E-state index contributed by atoms with van der Waals surface area (Å²) in [5.41, 5.74) is 0.577. The van der Waals surface area contributed by atoms with Crippen LogP contribution in [0.2, 0.25) is 0 Å². The molecular formula is C20H26N4O5S. The van der Waals surface area contributed by atoms with E-state index < -0.39 is 10.0 Å². The lowest BCUT2D eigenvalue weighted by Gasteiger charge is -2.26. The number of rotatable bonds is 5. The van der Waals surface area contributed by atoms with Gasteiger partial charge in [0.1, 0.15) is 0 Å².